The third-order valence-corrected chi connectivity index (χ3v) is 5.81. The van der Waals surface area contributed by atoms with Crippen molar-refractivity contribution in [1.82, 2.24) is 24.5 Å². The highest BCUT2D eigenvalue weighted by molar-refractivity contribution is 6.00. The summed E-state index contributed by atoms with van der Waals surface area (Å²) in [5, 5.41) is 4.44. The first-order chi connectivity index (χ1) is 15.6. The molecule has 0 spiro atoms. The molecule has 1 aromatic carbocycles. The maximum Gasteiger partial charge on any atom is 0.259 e. The predicted molar refractivity (Wildman–Crippen MR) is 121 cm³/mol. The van der Waals surface area contributed by atoms with Crippen molar-refractivity contribution >= 4 is 23.0 Å². The first-order valence-electron chi connectivity index (χ1n) is 10.5. The summed E-state index contributed by atoms with van der Waals surface area (Å²) in [6.45, 7) is 4.22. The van der Waals surface area contributed by atoms with Crippen LogP contribution in [-0.4, -0.2) is 62.4 Å². The number of fused-ring (bicyclic) bond motifs is 1. The Bertz CT molecular complexity index is 1280. The number of piperazine rings is 1. The van der Waals surface area contributed by atoms with Crippen molar-refractivity contribution in [3.8, 4) is 11.3 Å². The van der Waals surface area contributed by atoms with E-state index in [2.05, 4.69) is 20.0 Å². The Kier molecular flexibility index (Phi) is 5.10. The van der Waals surface area contributed by atoms with Crippen LogP contribution in [0.25, 0.3) is 16.9 Å². The number of Topliss-reactive ketones (excluding diaryl/α,β-unsaturated/α-hetero) is 1. The quantitative estimate of drug-likeness (QED) is 0.467. The number of aromatic nitrogens is 4. The number of rotatable bonds is 4. The minimum Gasteiger partial charge on any atom is -0.368 e. The van der Waals surface area contributed by atoms with E-state index in [0.29, 0.717) is 29.9 Å². The maximum absolute atomic E-state index is 13.3. The highest BCUT2D eigenvalue weighted by atomic mass is 16.2. The van der Waals surface area contributed by atoms with E-state index in [4.69, 9.17) is 0 Å². The molecule has 0 unspecified atom stereocenters. The highest BCUT2D eigenvalue weighted by Gasteiger charge is 2.25. The number of pyridine rings is 1. The van der Waals surface area contributed by atoms with Gasteiger partial charge in [-0.05, 0) is 49.4 Å². The summed E-state index contributed by atoms with van der Waals surface area (Å²) in [5.41, 5.74) is 4.62. The van der Waals surface area contributed by atoms with Crippen LogP contribution in [0.1, 0.15) is 27.6 Å². The molecule has 1 fully saturated rings. The van der Waals surface area contributed by atoms with E-state index in [-0.39, 0.29) is 11.7 Å². The highest BCUT2D eigenvalue weighted by Crippen LogP contribution is 2.22. The normalized spacial score (nSPS) is 14.0. The number of anilines is 1. The number of benzene rings is 1. The van der Waals surface area contributed by atoms with Gasteiger partial charge in [-0.3, -0.25) is 14.6 Å². The lowest BCUT2D eigenvalue weighted by Crippen LogP contribution is -2.48. The van der Waals surface area contributed by atoms with Gasteiger partial charge in [0.15, 0.2) is 11.4 Å². The van der Waals surface area contributed by atoms with Gasteiger partial charge in [0.1, 0.15) is 5.56 Å². The Balaban J connectivity index is 1.33. The van der Waals surface area contributed by atoms with Gasteiger partial charge in [-0.15, -0.1) is 0 Å². The fraction of sp³-hybridized carbons (Fsp3) is 0.208. The van der Waals surface area contributed by atoms with Crippen LogP contribution < -0.4 is 4.90 Å². The van der Waals surface area contributed by atoms with Gasteiger partial charge < -0.3 is 9.80 Å². The van der Waals surface area contributed by atoms with Crippen LogP contribution in [0.3, 0.4) is 0 Å². The number of ketones is 1. The molecule has 160 valence electrons. The van der Waals surface area contributed by atoms with Crippen LogP contribution in [0.15, 0.2) is 67.3 Å². The van der Waals surface area contributed by atoms with Crippen molar-refractivity contribution in [1.29, 1.82) is 0 Å². The van der Waals surface area contributed by atoms with Gasteiger partial charge in [0.2, 0.25) is 0 Å². The van der Waals surface area contributed by atoms with E-state index in [9.17, 15) is 9.59 Å². The van der Waals surface area contributed by atoms with Crippen molar-refractivity contribution in [3.63, 3.8) is 0 Å². The van der Waals surface area contributed by atoms with E-state index in [1.807, 2.05) is 47.4 Å². The molecule has 3 aromatic heterocycles. The predicted octanol–water partition coefficient (Wildman–Crippen LogP) is 2.96. The molecule has 0 N–H and O–H groups in total. The first-order valence-corrected chi connectivity index (χ1v) is 10.5. The Morgan fingerprint density at radius 1 is 0.875 bits per heavy atom. The summed E-state index contributed by atoms with van der Waals surface area (Å²) in [5.74, 6) is -0.00739. The van der Waals surface area contributed by atoms with Gasteiger partial charge in [-0.2, -0.15) is 5.10 Å². The first kappa shape index (κ1) is 19.9. The van der Waals surface area contributed by atoms with Crippen molar-refractivity contribution in [2.24, 2.45) is 0 Å². The van der Waals surface area contributed by atoms with E-state index in [1.54, 1.807) is 36.2 Å². The molecule has 0 aliphatic carbocycles. The van der Waals surface area contributed by atoms with Gasteiger partial charge in [0, 0.05) is 61.6 Å². The third-order valence-electron chi connectivity index (χ3n) is 5.81. The molecule has 1 aliphatic heterocycles. The zero-order valence-electron chi connectivity index (χ0n) is 17.7. The second kappa shape index (κ2) is 8.22. The number of hydrogen-bond acceptors (Lipinski definition) is 6. The van der Waals surface area contributed by atoms with Gasteiger partial charge >= 0.3 is 0 Å². The molecule has 0 radical (unpaired) electrons. The van der Waals surface area contributed by atoms with E-state index in [0.717, 1.165) is 30.0 Å². The van der Waals surface area contributed by atoms with Gasteiger partial charge in [0.05, 0.1) is 11.9 Å². The zero-order chi connectivity index (χ0) is 22.1. The molecule has 0 atom stereocenters. The average Bonchev–Trinajstić information content (AvgIpc) is 3.29. The summed E-state index contributed by atoms with van der Waals surface area (Å²) in [6.07, 6.45) is 6.75. The molecule has 1 saturated heterocycles. The van der Waals surface area contributed by atoms with Crippen LogP contribution in [0.4, 0.5) is 5.69 Å². The molecule has 1 aliphatic rings. The summed E-state index contributed by atoms with van der Waals surface area (Å²) in [7, 11) is 0. The minimum atomic E-state index is -0.0639. The molecule has 8 heteroatoms. The summed E-state index contributed by atoms with van der Waals surface area (Å²) < 4.78 is 1.70. The lowest BCUT2D eigenvalue weighted by Gasteiger charge is -2.36. The third kappa shape index (κ3) is 3.60. The number of carbonyl (C=O) groups is 2. The molecular weight excluding hydrogens is 404 g/mol. The fourth-order valence-corrected chi connectivity index (χ4v) is 4.03. The van der Waals surface area contributed by atoms with Crippen molar-refractivity contribution in [2.45, 2.75) is 6.92 Å². The second-order valence-corrected chi connectivity index (χ2v) is 7.74. The molecule has 0 bridgehead atoms. The molecule has 1 amide bonds. The zero-order valence-corrected chi connectivity index (χ0v) is 17.7. The Morgan fingerprint density at radius 2 is 1.59 bits per heavy atom. The van der Waals surface area contributed by atoms with Crippen LogP contribution in [0, 0.1) is 0 Å². The fourth-order valence-electron chi connectivity index (χ4n) is 4.03. The van der Waals surface area contributed by atoms with Gasteiger partial charge in [0.25, 0.3) is 5.91 Å². The van der Waals surface area contributed by atoms with Crippen LogP contribution in [0.5, 0.6) is 0 Å². The maximum atomic E-state index is 13.3. The molecule has 8 nitrogen and oxygen atoms in total. The van der Waals surface area contributed by atoms with Crippen molar-refractivity contribution in [2.75, 3.05) is 31.1 Å². The van der Waals surface area contributed by atoms with Crippen molar-refractivity contribution in [3.05, 3.63) is 78.4 Å². The van der Waals surface area contributed by atoms with Crippen LogP contribution in [-0.2, 0) is 0 Å². The number of hydrogen-bond donors (Lipinski definition) is 0. The summed E-state index contributed by atoms with van der Waals surface area (Å²) in [4.78, 5) is 37.3. The summed E-state index contributed by atoms with van der Waals surface area (Å²) in [6, 6.07) is 13.3. The monoisotopic (exact) mass is 426 g/mol. The number of amides is 1. The smallest absolute Gasteiger partial charge is 0.259 e. The van der Waals surface area contributed by atoms with Gasteiger partial charge in [-0.1, -0.05) is 0 Å². The topological polar surface area (TPSA) is 83.7 Å². The molecule has 32 heavy (non-hydrogen) atoms. The van der Waals surface area contributed by atoms with E-state index >= 15 is 0 Å². The number of carbonyl (C=O) groups excluding carboxylic acids is 2. The number of nitrogens with zero attached hydrogens (tertiary/aromatic N) is 6. The lowest BCUT2D eigenvalue weighted by atomic mass is 10.1. The van der Waals surface area contributed by atoms with E-state index in [1.165, 1.54) is 0 Å². The van der Waals surface area contributed by atoms with Crippen molar-refractivity contribution < 1.29 is 9.59 Å². The Hall–Kier alpha value is -4.07. The largest absolute Gasteiger partial charge is 0.368 e. The van der Waals surface area contributed by atoms with Crippen LogP contribution in [0.2, 0.25) is 0 Å². The molecule has 4 heterocycles. The molecule has 4 aromatic rings. The molecule has 0 saturated carbocycles. The standard InChI is InChI=1S/C24H22N6O2/c1-17(31)18-2-4-20(5-3-18)28-12-14-29(15-13-28)24(32)21-16-27-30-22(8-11-26-23(21)30)19-6-9-25-10-7-19/h2-11,16H,12-15H2,1H3. The Morgan fingerprint density at radius 3 is 2.28 bits per heavy atom. The molecule has 5 rings (SSSR count). The van der Waals surface area contributed by atoms with E-state index < -0.39 is 0 Å². The molecular formula is C24H22N6O2. The van der Waals surface area contributed by atoms with Crippen LogP contribution >= 0.6 is 0 Å². The Labute approximate surface area is 185 Å². The lowest BCUT2D eigenvalue weighted by molar-refractivity contribution is 0.0748. The minimum absolute atomic E-state index is 0.0565. The summed E-state index contributed by atoms with van der Waals surface area (Å²) >= 11 is 0. The van der Waals surface area contributed by atoms with Gasteiger partial charge in [-0.25, -0.2) is 9.50 Å². The second-order valence-electron chi connectivity index (χ2n) is 7.74. The average molecular weight is 426 g/mol. The SMILES string of the molecule is CC(=O)c1ccc(N2CCN(C(=O)c3cnn4c(-c5ccncc5)ccnc34)CC2)cc1.